The first-order valence-electron chi connectivity index (χ1n) is 8.64. The lowest BCUT2D eigenvalue weighted by Gasteiger charge is -2.38. The molecule has 1 heterocycles. The van der Waals surface area contributed by atoms with Crippen molar-refractivity contribution in [2.24, 2.45) is 5.92 Å². The Balaban J connectivity index is 1.97. The van der Waals surface area contributed by atoms with E-state index in [0.717, 1.165) is 25.7 Å². The second kappa shape index (κ2) is 8.31. The lowest BCUT2D eigenvalue weighted by atomic mass is 9.93. The normalized spacial score (nSPS) is 23.3. The van der Waals surface area contributed by atoms with E-state index in [1.807, 2.05) is 4.90 Å². The van der Waals surface area contributed by atoms with Gasteiger partial charge in [-0.3, -0.25) is 14.4 Å². The number of carbonyl (C=O) groups excluding carboxylic acids is 3. The van der Waals surface area contributed by atoms with Gasteiger partial charge in [0.2, 0.25) is 11.8 Å². The Hall–Kier alpha value is -1.59. The average molecular weight is 324 g/mol. The minimum Gasteiger partial charge on any atom is -0.468 e. The van der Waals surface area contributed by atoms with Crippen LogP contribution in [-0.2, 0) is 19.1 Å². The molecule has 0 radical (unpaired) electrons. The molecule has 1 atom stereocenters. The smallest absolute Gasteiger partial charge is 0.325 e. The summed E-state index contributed by atoms with van der Waals surface area (Å²) >= 11 is 0. The van der Waals surface area contributed by atoms with Crippen LogP contribution in [0.5, 0.6) is 0 Å². The largest absolute Gasteiger partial charge is 0.468 e. The number of ether oxygens (including phenoxy) is 1. The summed E-state index contributed by atoms with van der Waals surface area (Å²) in [5.74, 6) is -0.517. The number of carbonyl (C=O) groups is 3. The lowest BCUT2D eigenvalue weighted by molar-refractivity contribution is -0.150. The van der Waals surface area contributed by atoms with E-state index in [1.165, 1.54) is 24.9 Å². The molecule has 6 heteroatoms. The van der Waals surface area contributed by atoms with Crippen molar-refractivity contribution in [3.8, 4) is 0 Å². The van der Waals surface area contributed by atoms with Gasteiger partial charge in [-0.05, 0) is 19.3 Å². The molecule has 2 aliphatic rings. The molecule has 6 nitrogen and oxygen atoms in total. The molecule has 0 bridgehead atoms. The summed E-state index contributed by atoms with van der Waals surface area (Å²) in [4.78, 5) is 39.5. The molecule has 0 aromatic rings. The van der Waals surface area contributed by atoms with Gasteiger partial charge in [0.15, 0.2) is 0 Å². The molecule has 1 aliphatic carbocycles. The van der Waals surface area contributed by atoms with E-state index < -0.39 is 5.97 Å². The molecule has 2 fully saturated rings. The van der Waals surface area contributed by atoms with Gasteiger partial charge in [-0.2, -0.15) is 0 Å². The number of esters is 1. The SMILES string of the molecule is COC(=O)CN(C)C(=O)[C@@H]1CCC(=O)N(C2CCCCCC2)C1. The number of nitrogens with zero attached hydrogens (tertiary/aromatic N) is 2. The maximum atomic E-state index is 12.5. The molecular formula is C17H28N2O4. The van der Waals surface area contributed by atoms with E-state index in [9.17, 15) is 14.4 Å². The Kier molecular flexibility index (Phi) is 6.42. The summed E-state index contributed by atoms with van der Waals surface area (Å²) in [5.41, 5.74) is 0. The summed E-state index contributed by atoms with van der Waals surface area (Å²) in [5, 5.41) is 0. The van der Waals surface area contributed by atoms with Gasteiger partial charge in [0.05, 0.1) is 13.0 Å². The zero-order chi connectivity index (χ0) is 16.8. The first kappa shape index (κ1) is 17.8. The monoisotopic (exact) mass is 324 g/mol. The van der Waals surface area contributed by atoms with Gasteiger partial charge in [-0.1, -0.05) is 25.7 Å². The first-order chi connectivity index (χ1) is 11.0. The quantitative estimate of drug-likeness (QED) is 0.582. The van der Waals surface area contributed by atoms with E-state index in [1.54, 1.807) is 7.05 Å². The molecule has 1 saturated carbocycles. The fraction of sp³-hybridized carbons (Fsp3) is 0.824. The molecule has 0 aromatic heterocycles. The Bertz CT molecular complexity index is 444. The molecule has 0 spiro atoms. The van der Waals surface area contributed by atoms with Crippen molar-refractivity contribution in [2.75, 3.05) is 27.2 Å². The molecular weight excluding hydrogens is 296 g/mol. The number of methoxy groups -OCH3 is 1. The number of amides is 2. The fourth-order valence-corrected chi connectivity index (χ4v) is 3.64. The molecule has 23 heavy (non-hydrogen) atoms. The molecule has 2 amide bonds. The standard InChI is InChI=1S/C17H28N2O4/c1-18(12-16(21)23-2)17(22)13-9-10-15(20)19(11-13)14-7-5-3-4-6-8-14/h13-14H,3-12H2,1-2H3/t13-/m1/s1. The van der Waals surface area contributed by atoms with Crippen LogP contribution in [0.1, 0.15) is 51.4 Å². The molecule has 1 aliphatic heterocycles. The first-order valence-corrected chi connectivity index (χ1v) is 8.64. The van der Waals surface area contributed by atoms with Crippen molar-refractivity contribution < 1.29 is 19.1 Å². The van der Waals surface area contributed by atoms with E-state index >= 15 is 0 Å². The zero-order valence-electron chi connectivity index (χ0n) is 14.3. The van der Waals surface area contributed by atoms with Crippen molar-refractivity contribution in [3.63, 3.8) is 0 Å². The van der Waals surface area contributed by atoms with Gasteiger partial charge in [0, 0.05) is 26.1 Å². The number of piperidine rings is 1. The summed E-state index contributed by atoms with van der Waals surface area (Å²) in [6.45, 7) is 0.455. The van der Waals surface area contributed by atoms with Gasteiger partial charge in [-0.15, -0.1) is 0 Å². The van der Waals surface area contributed by atoms with E-state index in [4.69, 9.17) is 0 Å². The molecule has 0 N–H and O–H groups in total. The topological polar surface area (TPSA) is 66.9 Å². The van der Waals surface area contributed by atoms with Crippen LogP contribution in [0, 0.1) is 5.92 Å². The lowest BCUT2D eigenvalue weighted by Crippen LogP contribution is -2.50. The van der Waals surface area contributed by atoms with Crippen LogP contribution < -0.4 is 0 Å². The summed E-state index contributed by atoms with van der Waals surface area (Å²) in [6, 6.07) is 0.284. The zero-order valence-corrected chi connectivity index (χ0v) is 14.3. The highest BCUT2D eigenvalue weighted by Gasteiger charge is 2.35. The maximum Gasteiger partial charge on any atom is 0.325 e. The second-order valence-corrected chi connectivity index (χ2v) is 6.70. The summed E-state index contributed by atoms with van der Waals surface area (Å²) in [7, 11) is 2.93. The fourth-order valence-electron chi connectivity index (χ4n) is 3.64. The molecule has 130 valence electrons. The highest BCUT2D eigenvalue weighted by molar-refractivity contribution is 5.86. The third kappa shape index (κ3) is 4.69. The third-order valence-corrected chi connectivity index (χ3v) is 5.03. The number of rotatable bonds is 4. The van der Waals surface area contributed by atoms with Gasteiger partial charge in [0.25, 0.3) is 0 Å². The molecule has 2 rings (SSSR count). The summed E-state index contributed by atoms with van der Waals surface area (Å²) in [6.07, 6.45) is 7.90. The number of hydrogen-bond acceptors (Lipinski definition) is 4. The molecule has 0 unspecified atom stereocenters. The van der Waals surface area contributed by atoms with Crippen molar-refractivity contribution in [3.05, 3.63) is 0 Å². The predicted molar refractivity (Wildman–Crippen MR) is 85.6 cm³/mol. The van der Waals surface area contributed by atoms with Crippen LogP contribution in [0.3, 0.4) is 0 Å². The third-order valence-electron chi connectivity index (χ3n) is 5.03. The Morgan fingerprint density at radius 2 is 1.83 bits per heavy atom. The van der Waals surface area contributed by atoms with E-state index in [2.05, 4.69) is 4.74 Å². The minimum absolute atomic E-state index is 0.0385. The van der Waals surface area contributed by atoms with Gasteiger partial charge in [-0.25, -0.2) is 0 Å². The van der Waals surface area contributed by atoms with Crippen molar-refractivity contribution in [1.29, 1.82) is 0 Å². The Morgan fingerprint density at radius 1 is 1.17 bits per heavy atom. The Labute approximate surface area is 138 Å². The van der Waals surface area contributed by atoms with E-state index in [0.29, 0.717) is 19.4 Å². The number of likely N-dealkylation sites (tertiary alicyclic amines) is 1. The maximum absolute atomic E-state index is 12.5. The highest BCUT2D eigenvalue weighted by atomic mass is 16.5. The predicted octanol–water partition coefficient (Wildman–Crippen LogP) is 1.58. The van der Waals surface area contributed by atoms with Crippen molar-refractivity contribution >= 4 is 17.8 Å². The van der Waals surface area contributed by atoms with Gasteiger partial charge in [0.1, 0.15) is 6.54 Å². The van der Waals surface area contributed by atoms with Crippen LogP contribution >= 0.6 is 0 Å². The second-order valence-electron chi connectivity index (χ2n) is 6.70. The van der Waals surface area contributed by atoms with Crippen LogP contribution in [0.4, 0.5) is 0 Å². The van der Waals surface area contributed by atoms with Crippen molar-refractivity contribution in [1.82, 2.24) is 9.80 Å². The van der Waals surface area contributed by atoms with Crippen LogP contribution in [0.25, 0.3) is 0 Å². The molecule has 0 aromatic carbocycles. The van der Waals surface area contributed by atoms with Gasteiger partial charge < -0.3 is 14.5 Å². The molecule has 1 saturated heterocycles. The average Bonchev–Trinajstić information content (AvgIpc) is 2.83. The highest BCUT2D eigenvalue weighted by Crippen LogP contribution is 2.28. The minimum atomic E-state index is -0.423. The summed E-state index contributed by atoms with van der Waals surface area (Å²) < 4.78 is 4.61. The van der Waals surface area contributed by atoms with Crippen LogP contribution in [-0.4, -0.2) is 60.9 Å². The Morgan fingerprint density at radius 3 is 2.43 bits per heavy atom. The van der Waals surface area contributed by atoms with E-state index in [-0.39, 0.29) is 30.3 Å². The van der Waals surface area contributed by atoms with Crippen LogP contribution in [0.15, 0.2) is 0 Å². The van der Waals surface area contributed by atoms with Crippen LogP contribution in [0.2, 0.25) is 0 Å². The number of hydrogen-bond donors (Lipinski definition) is 0. The van der Waals surface area contributed by atoms with Gasteiger partial charge >= 0.3 is 5.97 Å². The van der Waals surface area contributed by atoms with Crippen molar-refractivity contribution in [2.45, 2.75) is 57.4 Å². The number of likely N-dealkylation sites (N-methyl/N-ethyl adjacent to an activating group) is 1.